The normalized spacial score (nSPS) is 25.3. The highest BCUT2D eigenvalue weighted by Crippen LogP contribution is 2.46. The van der Waals surface area contributed by atoms with E-state index in [0.717, 1.165) is 21.3 Å². The number of hydrogen-bond donors (Lipinski definition) is 3. The van der Waals surface area contributed by atoms with Crippen LogP contribution in [0.5, 0.6) is 0 Å². The Hall–Kier alpha value is -1.56. The van der Waals surface area contributed by atoms with Gasteiger partial charge in [0.25, 0.3) is 0 Å². The van der Waals surface area contributed by atoms with Gasteiger partial charge in [0.1, 0.15) is 5.41 Å². The lowest BCUT2D eigenvalue weighted by molar-refractivity contribution is -0.127. The molecule has 1 aliphatic carbocycles. The van der Waals surface area contributed by atoms with Gasteiger partial charge in [-0.05, 0) is 55.9 Å². The molecule has 21 heavy (non-hydrogen) atoms. The molecule has 1 aromatic rings. The maximum atomic E-state index is 12.7. The summed E-state index contributed by atoms with van der Waals surface area (Å²) in [5, 5.41) is 15.0. The Labute approximate surface area is 132 Å². The van der Waals surface area contributed by atoms with Crippen LogP contribution in [-0.2, 0) is 4.79 Å². The molecule has 1 fully saturated rings. The molecule has 0 saturated heterocycles. The molecule has 0 spiro atoms. The Balaban J connectivity index is 2.29. The van der Waals surface area contributed by atoms with Crippen molar-refractivity contribution in [2.45, 2.75) is 33.6 Å². The molecule has 0 aliphatic heterocycles. The second-order valence-electron chi connectivity index (χ2n) is 5.95. The maximum absolute atomic E-state index is 12.7. The van der Waals surface area contributed by atoms with Crippen LogP contribution in [0.1, 0.15) is 30.9 Å². The minimum Gasteiger partial charge on any atom is -0.409 e. The quantitative estimate of drug-likeness (QED) is 0.337. The van der Waals surface area contributed by atoms with E-state index in [1.165, 1.54) is 0 Å². The van der Waals surface area contributed by atoms with Crippen molar-refractivity contribution in [3.63, 3.8) is 0 Å². The molecule has 0 heterocycles. The minimum atomic E-state index is -0.889. The first-order valence-corrected chi connectivity index (χ1v) is 7.65. The van der Waals surface area contributed by atoms with Crippen LogP contribution >= 0.6 is 15.9 Å². The lowest BCUT2D eigenvalue weighted by Gasteiger charge is -2.43. The molecular formula is C15H20BrN3O2. The van der Waals surface area contributed by atoms with Crippen LogP contribution in [-0.4, -0.2) is 17.0 Å². The summed E-state index contributed by atoms with van der Waals surface area (Å²) in [4.78, 5) is 12.7. The van der Waals surface area contributed by atoms with Crippen LogP contribution in [0.3, 0.4) is 0 Å². The second-order valence-corrected chi connectivity index (χ2v) is 6.87. The zero-order valence-corrected chi connectivity index (χ0v) is 14.0. The van der Waals surface area contributed by atoms with Gasteiger partial charge in [0.05, 0.1) is 0 Å². The highest BCUT2D eigenvalue weighted by molar-refractivity contribution is 9.10. The Kier molecular flexibility index (Phi) is 4.27. The minimum absolute atomic E-state index is 0.00878. The zero-order valence-electron chi connectivity index (χ0n) is 12.4. The van der Waals surface area contributed by atoms with Crippen molar-refractivity contribution in [1.29, 1.82) is 0 Å². The van der Waals surface area contributed by atoms with Crippen LogP contribution in [0.2, 0.25) is 0 Å². The molecule has 0 atom stereocenters. The van der Waals surface area contributed by atoms with Gasteiger partial charge in [-0.2, -0.15) is 0 Å². The first-order chi connectivity index (χ1) is 9.80. The number of rotatable bonds is 3. The number of halogens is 1. The lowest BCUT2D eigenvalue weighted by Crippen LogP contribution is -2.54. The topological polar surface area (TPSA) is 87.7 Å². The second kappa shape index (κ2) is 5.67. The molecule has 0 unspecified atom stereocenters. The number of aryl methyl sites for hydroxylation is 2. The standard InChI is InChI=1S/C15H20BrN3O2/c1-8-6-15(7-8,13(17)19-21)14(20)18-12-9(2)4-11(16)5-10(12)3/h4-5,8,21H,6-7H2,1-3H3,(H2,17,19)(H,18,20). The van der Waals surface area contributed by atoms with E-state index in [1.807, 2.05) is 32.9 Å². The Bertz CT molecular complexity index is 584. The number of carbonyl (C=O) groups excluding carboxylic acids is 1. The third kappa shape index (κ3) is 2.77. The monoisotopic (exact) mass is 353 g/mol. The van der Waals surface area contributed by atoms with Gasteiger partial charge in [-0.3, -0.25) is 4.79 Å². The third-order valence-electron chi connectivity index (χ3n) is 4.16. The van der Waals surface area contributed by atoms with Crippen LogP contribution in [0, 0.1) is 25.2 Å². The predicted molar refractivity (Wildman–Crippen MR) is 86.5 cm³/mol. The van der Waals surface area contributed by atoms with E-state index < -0.39 is 5.41 Å². The van der Waals surface area contributed by atoms with Gasteiger partial charge in [0.2, 0.25) is 5.91 Å². The molecule has 1 amide bonds. The zero-order chi connectivity index (χ0) is 15.8. The predicted octanol–water partition coefficient (Wildman–Crippen LogP) is 3.17. The number of anilines is 1. The summed E-state index contributed by atoms with van der Waals surface area (Å²) in [6.45, 7) is 5.92. The average Bonchev–Trinajstić information content (AvgIpc) is 2.37. The third-order valence-corrected chi connectivity index (χ3v) is 4.62. The molecule has 0 radical (unpaired) electrons. The Morgan fingerprint density at radius 3 is 2.38 bits per heavy atom. The smallest absolute Gasteiger partial charge is 0.238 e. The van der Waals surface area contributed by atoms with Crippen molar-refractivity contribution in [3.8, 4) is 0 Å². The number of carbonyl (C=O) groups is 1. The van der Waals surface area contributed by atoms with Gasteiger partial charge in [-0.25, -0.2) is 0 Å². The van der Waals surface area contributed by atoms with Crippen LogP contribution < -0.4 is 11.1 Å². The lowest BCUT2D eigenvalue weighted by atomic mass is 9.61. The molecule has 0 bridgehead atoms. The molecule has 2 rings (SSSR count). The summed E-state index contributed by atoms with van der Waals surface area (Å²) >= 11 is 3.44. The molecule has 0 aromatic heterocycles. The maximum Gasteiger partial charge on any atom is 0.238 e. The summed E-state index contributed by atoms with van der Waals surface area (Å²) in [5.74, 6) is 0.179. The molecule has 1 aromatic carbocycles. The summed E-state index contributed by atoms with van der Waals surface area (Å²) < 4.78 is 0.971. The molecule has 1 aliphatic rings. The van der Waals surface area contributed by atoms with E-state index in [1.54, 1.807) is 0 Å². The Morgan fingerprint density at radius 2 is 1.95 bits per heavy atom. The van der Waals surface area contributed by atoms with E-state index >= 15 is 0 Å². The Morgan fingerprint density at radius 1 is 1.43 bits per heavy atom. The summed E-state index contributed by atoms with van der Waals surface area (Å²) in [7, 11) is 0. The van der Waals surface area contributed by atoms with Crippen molar-refractivity contribution < 1.29 is 10.0 Å². The summed E-state index contributed by atoms with van der Waals surface area (Å²) in [6, 6.07) is 3.89. The van der Waals surface area contributed by atoms with E-state index in [-0.39, 0.29) is 11.7 Å². The van der Waals surface area contributed by atoms with Crippen molar-refractivity contribution in [3.05, 3.63) is 27.7 Å². The van der Waals surface area contributed by atoms with Gasteiger partial charge >= 0.3 is 0 Å². The van der Waals surface area contributed by atoms with E-state index in [4.69, 9.17) is 10.9 Å². The number of benzene rings is 1. The van der Waals surface area contributed by atoms with Crippen LogP contribution in [0.25, 0.3) is 0 Å². The van der Waals surface area contributed by atoms with Gasteiger partial charge in [0, 0.05) is 10.2 Å². The molecule has 114 valence electrons. The number of amidine groups is 1. The van der Waals surface area contributed by atoms with E-state index in [2.05, 4.69) is 26.4 Å². The number of nitrogens with zero attached hydrogens (tertiary/aromatic N) is 1. The SMILES string of the molecule is Cc1cc(Br)cc(C)c1NC(=O)C1(C(N)=NO)CC(C)C1. The van der Waals surface area contributed by atoms with Gasteiger partial charge in [-0.1, -0.05) is 28.0 Å². The van der Waals surface area contributed by atoms with E-state index in [0.29, 0.717) is 18.8 Å². The highest BCUT2D eigenvalue weighted by Gasteiger charge is 2.52. The first-order valence-electron chi connectivity index (χ1n) is 6.86. The summed E-state index contributed by atoms with van der Waals surface area (Å²) in [5.41, 5.74) is 7.60. The molecular weight excluding hydrogens is 334 g/mol. The van der Waals surface area contributed by atoms with Crippen molar-refractivity contribution in [2.75, 3.05) is 5.32 Å². The number of amides is 1. The number of nitrogens with two attached hydrogens (primary N) is 1. The fourth-order valence-electron chi connectivity index (χ4n) is 3.08. The van der Waals surface area contributed by atoms with Gasteiger partial charge < -0.3 is 16.3 Å². The van der Waals surface area contributed by atoms with E-state index in [9.17, 15) is 4.79 Å². The van der Waals surface area contributed by atoms with Gasteiger partial charge in [0.15, 0.2) is 5.84 Å². The van der Waals surface area contributed by atoms with Crippen LogP contribution in [0.4, 0.5) is 5.69 Å². The molecule has 4 N–H and O–H groups in total. The first kappa shape index (κ1) is 15.8. The summed E-state index contributed by atoms with van der Waals surface area (Å²) in [6.07, 6.45) is 1.20. The number of hydrogen-bond acceptors (Lipinski definition) is 3. The van der Waals surface area contributed by atoms with Crippen molar-refractivity contribution >= 4 is 33.4 Å². The van der Waals surface area contributed by atoms with Crippen molar-refractivity contribution in [2.24, 2.45) is 22.2 Å². The highest BCUT2D eigenvalue weighted by atomic mass is 79.9. The number of nitrogens with one attached hydrogen (secondary N) is 1. The molecule has 5 nitrogen and oxygen atoms in total. The fraction of sp³-hybridized carbons (Fsp3) is 0.467. The largest absolute Gasteiger partial charge is 0.409 e. The van der Waals surface area contributed by atoms with Crippen LogP contribution in [0.15, 0.2) is 21.8 Å². The van der Waals surface area contributed by atoms with Gasteiger partial charge in [-0.15, -0.1) is 0 Å². The average molecular weight is 354 g/mol. The molecule has 1 saturated carbocycles. The van der Waals surface area contributed by atoms with Crippen molar-refractivity contribution in [1.82, 2.24) is 0 Å². The number of oxime groups is 1. The fourth-order valence-corrected chi connectivity index (χ4v) is 3.76. The molecule has 6 heteroatoms.